The fraction of sp³-hybridized carbons (Fsp3) is 0.111. The quantitative estimate of drug-likeness (QED) is 0.405. The van der Waals surface area contributed by atoms with Crippen molar-refractivity contribution in [2.45, 2.75) is 0 Å². The van der Waals surface area contributed by atoms with E-state index in [0.717, 1.165) is 18.5 Å². The molecule has 2 rings (SSSR count). The molecule has 18 heavy (non-hydrogen) atoms. The van der Waals surface area contributed by atoms with E-state index in [-0.39, 0.29) is 0 Å². The van der Waals surface area contributed by atoms with Gasteiger partial charge in [0.2, 0.25) is 0 Å². The van der Waals surface area contributed by atoms with Gasteiger partial charge in [-0.25, -0.2) is 5.43 Å². The molecule has 0 saturated carbocycles. The highest BCUT2D eigenvalue weighted by Gasteiger charge is 2.07. The molecule has 0 aliphatic heterocycles. The third-order valence-electron chi connectivity index (χ3n) is 1.95. The van der Waals surface area contributed by atoms with Gasteiger partial charge in [-0.3, -0.25) is 0 Å². The van der Waals surface area contributed by atoms with Crippen LogP contribution in [0.4, 0.5) is 5.95 Å². The molecule has 1 heterocycles. The van der Waals surface area contributed by atoms with Gasteiger partial charge in [0.05, 0.1) is 16.9 Å². The summed E-state index contributed by atoms with van der Waals surface area (Å²) >= 11 is 4.47. The van der Waals surface area contributed by atoms with Crippen LogP contribution in [0.3, 0.4) is 0 Å². The van der Waals surface area contributed by atoms with Crippen LogP contribution in [-0.4, -0.2) is 33.9 Å². The molecular formula is C9H8I2N6O. The average molecular weight is 470 g/mol. The predicted molar refractivity (Wildman–Crippen MR) is 83.8 cm³/mol. The Morgan fingerprint density at radius 3 is 2.94 bits per heavy atom. The summed E-state index contributed by atoms with van der Waals surface area (Å²) in [6.45, 7) is 0. The number of hydrazone groups is 1. The topological polar surface area (TPSA) is 88.1 Å². The highest BCUT2D eigenvalue weighted by molar-refractivity contribution is 14.1. The van der Waals surface area contributed by atoms with Gasteiger partial charge in [-0.15, -0.1) is 5.10 Å². The molecule has 0 unspecified atom stereocenters. The van der Waals surface area contributed by atoms with Gasteiger partial charge in [0.15, 0.2) is 0 Å². The summed E-state index contributed by atoms with van der Waals surface area (Å²) in [6, 6.07) is 4.01. The molecule has 2 N–H and O–H groups in total. The van der Waals surface area contributed by atoms with E-state index in [4.69, 9.17) is 4.74 Å². The van der Waals surface area contributed by atoms with Crippen LogP contribution < -0.4 is 10.2 Å². The standard InChI is InChI=1S/C9H8I2N6O/c1-18-8-5(2-6(10)3-7(8)11)4-12-13-9-14-16-17-15-9/h2-4H,1H3,(H2,13,14,15,16,17)/b12-4+. The van der Waals surface area contributed by atoms with Crippen molar-refractivity contribution in [3.05, 3.63) is 24.8 Å². The lowest BCUT2D eigenvalue weighted by Gasteiger charge is -2.07. The van der Waals surface area contributed by atoms with Crippen molar-refractivity contribution < 1.29 is 4.74 Å². The minimum atomic E-state index is 0.311. The molecule has 0 bridgehead atoms. The fourth-order valence-electron chi connectivity index (χ4n) is 1.26. The Balaban J connectivity index is 2.20. The Hall–Kier alpha value is -0.980. The molecule has 0 fully saturated rings. The van der Waals surface area contributed by atoms with E-state index in [2.05, 4.69) is 76.3 Å². The number of H-pyrrole nitrogens is 1. The van der Waals surface area contributed by atoms with Gasteiger partial charge in [-0.2, -0.15) is 10.3 Å². The number of benzene rings is 1. The molecule has 7 nitrogen and oxygen atoms in total. The summed E-state index contributed by atoms with van der Waals surface area (Å²) in [4.78, 5) is 0. The Morgan fingerprint density at radius 1 is 1.44 bits per heavy atom. The minimum absolute atomic E-state index is 0.311. The monoisotopic (exact) mass is 470 g/mol. The summed E-state index contributed by atoms with van der Waals surface area (Å²) in [7, 11) is 1.63. The number of nitrogens with one attached hydrogen (secondary N) is 2. The Bertz CT molecular complexity index is 556. The van der Waals surface area contributed by atoms with Crippen molar-refractivity contribution in [3.8, 4) is 5.75 Å². The lowest BCUT2D eigenvalue weighted by Crippen LogP contribution is -1.97. The highest BCUT2D eigenvalue weighted by Crippen LogP contribution is 2.26. The maximum absolute atomic E-state index is 5.34. The SMILES string of the molecule is COc1c(I)cc(I)cc1/C=N/Nc1nn[nH]n1. The van der Waals surface area contributed by atoms with Crippen LogP contribution in [0.5, 0.6) is 5.75 Å². The summed E-state index contributed by atoms with van der Waals surface area (Å²) in [5.74, 6) is 1.10. The number of tetrazole rings is 1. The molecule has 0 aliphatic carbocycles. The lowest BCUT2D eigenvalue weighted by molar-refractivity contribution is 0.411. The molecule has 0 spiro atoms. The Labute approximate surface area is 130 Å². The van der Waals surface area contributed by atoms with Gasteiger partial charge in [-0.1, -0.05) is 5.10 Å². The number of methoxy groups -OCH3 is 1. The number of hydrogen-bond donors (Lipinski definition) is 2. The number of aromatic amines is 1. The van der Waals surface area contributed by atoms with Gasteiger partial charge in [-0.05, 0) is 62.5 Å². The summed E-state index contributed by atoms with van der Waals surface area (Å²) in [5, 5.41) is 17.2. The van der Waals surface area contributed by atoms with Gasteiger partial charge in [0, 0.05) is 9.13 Å². The molecule has 9 heteroatoms. The number of anilines is 1. The zero-order chi connectivity index (χ0) is 13.0. The van der Waals surface area contributed by atoms with Crippen molar-refractivity contribution >= 4 is 57.3 Å². The molecule has 2 aromatic rings. The van der Waals surface area contributed by atoms with Crippen molar-refractivity contribution in [3.63, 3.8) is 0 Å². The molecule has 0 amide bonds. The molecular weight excluding hydrogens is 462 g/mol. The molecule has 0 aliphatic rings. The third-order valence-corrected chi connectivity index (χ3v) is 3.38. The summed E-state index contributed by atoms with van der Waals surface area (Å²) in [6.07, 6.45) is 1.65. The van der Waals surface area contributed by atoms with E-state index >= 15 is 0 Å². The van der Waals surface area contributed by atoms with E-state index in [9.17, 15) is 0 Å². The van der Waals surface area contributed by atoms with Crippen LogP contribution in [0.2, 0.25) is 0 Å². The van der Waals surface area contributed by atoms with Gasteiger partial charge >= 0.3 is 0 Å². The average Bonchev–Trinajstić information content (AvgIpc) is 2.81. The predicted octanol–water partition coefficient (Wildman–Crippen LogP) is 1.86. The number of halogens is 2. The zero-order valence-electron chi connectivity index (χ0n) is 9.19. The van der Waals surface area contributed by atoms with E-state index in [1.54, 1.807) is 13.3 Å². The first-order chi connectivity index (χ1) is 8.70. The highest BCUT2D eigenvalue weighted by atomic mass is 127. The van der Waals surface area contributed by atoms with Crippen LogP contribution in [0.1, 0.15) is 5.56 Å². The van der Waals surface area contributed by atoms with E-state index in [0.29, 0.717) is 5.95 Å². The minimum Gasteiger partial charge on any atom is -0.495 e. The molecule has 1 aromatic carbocycles. The number of hydrogen-bond acceptors (Lipinski definition) is 6. The van der Waals surface area contributed by atoms with Crippen LogP contribution in [0.15, 0.2) is 17.2 Å². The Morgan fingerprint density at radius 2 is 2.28 bits per heavy atom. The van der Waals surface area contributed by atoms with Crippen LogP contribution >= 0.6 is 45.2 Å². The van der Waals surface area contributed by atoms with E-state index in [1.165, 1.54) is 0 Å². The van der Waals surface area contributed by atoms with Gasteiger partial charge in [0.1, 0.15) is 5.75 Å². The summed E-state index contributed by atoms with van der Waals surface area (Å²) in [5.41, 5.74) is 3.54. The Kier molecular flexibility index (Phi) is 4.68. The maximum Gasteiger partial charge on any atom is 0.283 e. The largest absolute Gasteiger partial charge is 0.495 e. The third kappa shape index (κ3) is 3.28. The van der Waals surface area contributed by atoms with E-state index in [1.807, 2.05) is 12.1 Å². The molecule has 1 aromatic heterocycles. The zero-order valence-corrected chi connectivity index (χ0v) is 13.5. The second-order valence-corrected chi connectivity index (χ2v) is 5.52. The first-order valence-corrected chi connectivity index (χ1v) is 6.92. The van der Waals surface area contributed by atoms with Crippen molar-refractivity contribution in [1.29, 1.82) is 0 Å². The normalized spacial score (nSPS) is 10.8. The van der Waals surface area contributed by atoms with Gasteiger partial charge in [0.25, 0.3) is 5.95 Å². The van der Waals surface area contributed by atoms with Crippen LogP contribution in [0, 0.1) is 7.14 Å². The van der Waals surface area contributed by atoms with Crippen molar-refractivity contribution in [1.82, 2.24) is 20.6 Å². The second-order valence-electron chi connectivity index (χ2n) is 3.12. The van der Waals surface area contributed by atoms with Crippen molar-refractivity contribution in [2.75, 3.05) is 12.5 Å². The van der Waals surface area contributed by atoms with Crippen LogP contribution in [-0.2, 0) is 0 Å². The second kappa shape index (κ2) is 6.26. The van der Waals surface area contributed by atoms with E-state index < -0.39 is 0 Å². The molecule has 94 valence electrons. The summed E-state index contributed by atoms with van der Waals surface area (Å²) < 4.78 is 7.48. The maximum atomic E-state index is 5.34. The molecule has 0 atom stereocenters. The first kappa shape index (κ1) is 13.5. The number of ether oxygens (including phenoxy) is 1. The number of aromatic nitrogens is 4. The smallest absolute Gasteiger partial charge is 0.283 e. The van der Waals surface area contributed by atoms with Crippen LogP contribution in [0.25, 0.3) is 0 Å². The van der Waals surface area contributed by atoms with Gasteiger partial charge < -0.3 is 4.74 Å². The number of nitrogens with zero attached hydrogens (tertiary/aromatic N) is 4. The first-order valence-electron chi connectivity index (χ1n) is 4.76. The lowest BCUT2D eigenvalue weighted by atomic mass is 10.2. The fourth-order valence-corrected chi connectivity index (χ4v) is 3.37. The molecule has 0 radical (unpaired) electrons. The van der Waals surface area contributed by atoms with Crippen molar-refractivity contribution in [2.24, 2.45) is 5.10 Å². The number of rotatable bonds is 4. The molecule has 0 saturated heterocycles.